The van der Waals surface area contributed by atoms with E-state index in [1.165, 1.54) is 0 Å². The number of nitrogens with zero attached hydrogens (tertiary/aromatic N) is 1. The fourth-order valence-corrected chi connectivity index (χ4v) is 2.71. The lowest BCUT2D eigenvalue weighted by Crippen LogP contribution is -2.50. The second kappa shape index (κ2) is 7.11. The molecule has 1 unspecified atom stereocenters. The summed E-state index contributed by atoms with van der Waals surface area (Å²) in [5.41, 5.74) is 6.87. The molecule has 1 aliphatic rings. The van der Waals surface area contributed by atoms with Crippen molar-refractivity contribution < 1.29 is 9.59 Å². The van der Waals surface area contributed by atoms with E-state index in [1.54, 1.807) is 11.0 Å². The zero-order chi connectivity index (χ0) is 15.2. The molecule has 114 valence electrons. The Morgan fingerprint density at radius 2 is 2.10 bits per heavy atom. The van der Waals surface area contributed by atoms with Gasteiger partial charge in [0.25, 0.3) is 5.91 Å². The summed E-state index contributed by atoms with van der Waals surface area (Å²) in [5.74, 6) is -0.528. The predicted molar refractivity (Wildman–Crippen MR) is 83.1 cm³/mol. The van der Waals surface area contributed by atoms with E-state index in [4.69, 9.17) is 5.73 Å². The Morgan fingerprint density at radius 3 is 2.81 bits per heavy atom. The number of primary amides is 1. The molecular weight excluding hydrogens is 266 g/mol. The van der Waals surface area contributed by atoms with E-state index >= 15 is 0 Å². The van der Waals surface area contributed by atoms with E-state index in [2.05, 4.69) is 12.2 Å². The molecule has 0 saturated carbocycles. The fourth-order valence-electron chi connectivity index (χ4n) is 2.71. The maximum Gasteiger partial charge on any atom is 0.256 e. The Balaban J connectivity index is 2.24. The monoisotopic (exact) mass is 289 g/mol. The van der Waals surface area contributed by atoms with E-state index < -0.39 is 11.9 Å². The molecule has 1 aliphatic heterocycles. The van der Waals surface area contributed by atoms with Crippen LogP contribution in [0.25, 0.3) is 0 Å². The van der Waals surface area contributed by atoms with Crippen molar-refractivity contribution in [1.82, 2.24) is 4.90 Å². The molecule has 2 amide bonds. The summed E-state index contributed by atoms with van der Waals surface area (Å²) in [5, 5.41) is 3.26. The minimum atomic E-state index is -0.481. The number of rotatable bonds is 5. The quantitative estimate of drug-likeness (QED) is 0.870. The number of likely N-dealkylation sites (tertiary alicyclic amines) is 1. The molecule has 1 saturated heterocycles. The van der Waals surface area contributed by atoms with Crippen LogP contribution < -0.4 is 11.1 Å². The van der Waals surface area contributed by atoms with Gasteiger partial charge in [-0.25, -0.2) is 0 Å². The summed E-state index contributed by atoms with van der Waals surface area (Å²) in [6.07, 6.45) is 3.50. The van der Waals surface area contributed by atoms with E-state index in [0.717, 1.165) is 31.5 Å². The van der Waals surface area contributed by atoms with Crippen LogP contribution in [0.5, 0.6) is 0 Å². The van der Waals surface area contributed by atoms with Crippen molar-refractivity contribution in [2.45, 2.75) is 38.6 Å². The summed E-state index contributed by atoms with van der Waals surface area (Å²) in [6.45, 7) is 3.48. The molecule has 1 atom stereocenters. The largest absolute Gasteiger partial charge is 0.384 e. The Labute approximate surface area is 125 Å². The second-order valence-electron chi connectivity index (χ2n) is 5.38. The molecule has 3 N–H and O–H groups in total. The van der Waals surface area contributed by atoms with Gasteiger partial charge in [0.2, 0.25) is 5.91 Å². The maximum absolute atomic E-state index is 12.8. The fraction of sp³-hybridized carbons (Fsp3) is 0.500. The van der Waals surface area contributed by atoms with Crippen LogP contribution >= 0.6 is 0 Å². The number of benzene rings is 1. The highest BCUT2D eigenvalue weighted by molar-refractivity contribution is 6.01. The van der Waals surface area contributed by atoms with Crippen molar-refractivity contribution >= 4 is 17.5 Å². The molecular formula is C16H23N3O2. The summed E-state index contributed by atoms with van der Waals surface area (Å²) < 4.78 is 0. The molecule has 1 heterocycles. The van der Waals surface area contributed by atoms with Crippen LogP contribution in [-0.2, 0) is 4.79 Å². The van der Waals surface area contributed by atoms with E-state index in [0.29, 0.717) is 18.5 Å². The molecule has 0 aliphatic carbocycles. The number of anilines is 1. The van der Waals surface area contributed by atoms with Crippen LogP contribution in [-0.4, -0.2) is 35.8 Å². The smallest absolute Gasteiger partial charge is 0.256 e. The van der Waals surface area contributed by atoms with Gasteiger partial charge < -0.3 is 16.0 Å². The summed E-state index contributed by atoms with van der Waals surface area (Å²) >= 11 is 0. The highest BCUT2D eigenvalue weighted by atomic mass is 16.2. The number of carbonyl (C=O) groups excluding carboxylic acids is 2. The zero-order valence-corrected chi connectivity index (χ0v) is 12.5. The van der Waals surface area contributed by atoms with Gasteiger partial charge in [-0.15, -0.1) is 0 Å². The van der Waals surface area contributed by atoms with Gasteiger partial charge in [0, 0.05) is 18.8 Å². The van der Waals surface area contributed by atoms with Crippen molar-refractivity contribution in [2.75, 3.05) is 18.4 Å². The third-order valence-corrected chi connectivity index (χ3v) is 3.82. The normalized spacial score (nSPS) is 18.3. The second-order valence-corrected chi connectivity index (χ2v) is 5.38. The first-order chi connectivity index (χ1) is 10.1. The number of carbonyl (C=O) groups is 2. The molecule has 0 aromatic heterocycles. The summed E-state index contributed by atoms with van der Waals surface area (Å²) in [6, 6.07) is 6.95. The lowest BCUT2D eigenvalue weighted by Gasteiger charge is -2.34. The SMILES string of the molecule is CCCNc1ccccc1C(=O)N1CCCCC1C(N)=O. The topological polar surface area (TPSA) is 75.4 Å². The molecule has 1 aromatic rings. The van der Waals surface area contributed by atoms with Gasteiger partial charge in [-0.2, -0.15) is 0 Å². The van der Waals surface area contributed by atoms with E-state index in [1.807, 2.05) is 18.2 Å². The highest BCUT2D eigenvalue weighted by Gasteiger charge is 2.31. The number of nitrogens with two attached hydrogens (primary N) is 1. The lowest BCUT2D eigenvalue weighted by atomic mass is 10.00. The first-order valence-electron chi connectivity index (χ1n) is 7.58. The molecule has 0 bridgehead atoms. The Bertz CT molecular complexity index is 516. The number of hydrogen-bond acceptors (Lipinski definition) is 3. The van der Waals surface area contributed by atoms with Crippen LogP contribution in [0.15, 0.2) is 24.3 Å². The van der Waals surface area contributed by atoms with Gasteiger partial charge in [-0.1, -0.05) is 19.1 Å². The molecule has 2 rings (SSSR count). The van der Waals surface area contributed by atoms with Gasteiger partial charge in [-0.3, -0.25) is 9.59 Å². The van der Waals surface area contributed by atoms with Gasteiger partial charge >= 0.3 is 0 Å². The maximum atomic E-state index is 12.8. The molecule has 5 nitrogen and oxygen atoms in total. The molecule has 0 radical (unpaired) electrons. The van der Waals surface area contributed by atoms with E-state index in [9.17, 15) is 9.59 Å². The molecule has 0 spiro atoms. The Hall–Kier alpha value is -2.04. The molecule has 5 heteroatoms. The number of hydrogen-bond donors (Lipinski definition) is 2. The Morgan fingerprint density at radius 1 is 1.33 bits per heavy atom. The van der Waals surface area contributed by atoms with Crippen molar-refractivity contribution in [3.63, 3.8) is 0 Å². The standard InChI is InChI=1S/C16H23N3O2/c1-2-10-18-13-8-4-3-7-12(13)16(21)19-11-6-5-9-14(19)15(17)20/h3-4,7-8,14,18H,2,5-6,9-11H2,1H3,(H2,17,20). The third-order valence-electron chi connectivity index (χ3n) is 3.82. The lowest BCUT2D eigenvalue weighted by molar-refractivity contribution is -0.123. The van der Waals surface area contributed by atoms with Crippen LogP contribution in [0.2, 0.25) is 0 Å². The first kappa shape index (κ1) is 15.4. The van der Waals surface area contributed by atoms with Gasteiger partial charge in [0.1, 0.15) is 6.04 Å². The molecule has 1 aromatic carbocycles. The van der Waals surface area contributed by atoms with Crippen molar-refractivity contribution in [3.05, 3.63) is 29.8 Å². The highest BCUT2D eigenvalue weighted by Crippen LogP contribution is 2.23. The summed E-state index contributed by atoms with van der Waals surface area (Å²) in [4.78, 5) is 26.0. The van der Waals surface area contributed by atoms with Gasteiger partial charge in [0.05, 0.1) is 5.56 Å². The van der Waals surface area contributed by atoms with Crippen molar-refractivity contribution in [2.24, 2.45) is 5.73 Å². The van der Waals surface area contributed by atoms with Crippen LogP contribution in [0, 0.1) is 0 Å². The average molecular weight is 289 g/mol. The first-order valence-corrected chi connectivity index (χ1v) is 7.58. The Kier molecular flexibility index (Phi) is 5.20. The van der Waals surface area contributed by atoms with Gasteiger partial charge in [0.15, 0.2) is 0 Å². The van der Waals surface area contributed by atoms with Gasteiger partial charge in [-0.05, 0) is 37.8 Å². The van der Waals surface area contributed by atoms with Crippen LogP contribution in [0.1, 0.15) is 43.0 Å². The minimum absolute atomic E-state index is 0.113. The molecule has 1 fully saturated rings. The number of para-hydroxylation sites is 1. The summed E-state index contributed by atoms with van der Waals surface area (Å²) in [7, 11) is 0. The zero-order valence-electron chi connectivity index (χ0n) is 12.5. The van der Waals surface area contributed by atoms with E-state index in [-0.39, 0.29) is 5.91 Å². The number of piperidine rings is 1. The van der Waals surface area contributed by atoms with Crippen LogP contribution in [0.3, 0.4) is 0 Å². The van der Waals surface area contributed by atoms with Crippen LogP contribution in [0.4, 0.5) is 5.69 Å². The predicted octanol–water partition coefficient (Wildman–Crippen LogP) is 1.99. The molecule has 21 heavy (non-hydrogen) atoms. The average Bonchev–Trinajstić information content (AvgIpc) is 2.52. The number of amides is 2. The number of nitrogens with one attached hydrogen (secondary N) is 1. The van der Waals surface area contributed by atoms with Crippen molar-refractivity contribution in [1.29, 1.82) is 0 Å². The minimum Gasteiger partial charge on any atom is -0.384 e. The van der Waals surface area contributed by atoms with Crippen molar-refractivity contribution in [3.8, 4) is 0 Å². The third kappa shape index (κ3) is 3.54.